The number of hydrogen-bond donors (Lipinski definition) is 2. The number of aliphatic carboxylic acids is 1. The summed E-state index contributed by atoms with van der Waals surface area (Å²) in [5, 5.41) is 10.3. The number of carbonyl (C=O) groups excluding carboxylic acids is 1. The van der Waals surface area contributed by atoms with Crippen molar-refractivity contribution < 1.29 is 41.4 Å². The summed E-state index contributed by atoms with van der Waals surface area (Å²) in [5.41, 5.74) is -2.14. The third-order valence-corrected chi connectivity index (χ3v) is 3.10. The van der Waals surface area contributed by atoms with E-state index in [1.165, 1.54) is 5.32 Å². The number of carbonyl (C=O) groups is 2. The SMILES string of the molecule is CC(OCc1ccccc1)(C(=O)O)C(=O)NCC(F)(F)C(F)(F)F. The molecule has 1 unspecified atom stereocenters. The van der Waals surface area contributed by atoms with Gasteiger partial charge in [-0.05, 0) is 12.5 Å². The maximum atomic E-state index is 12.8. The van der Waals surface area contributed by atoms with Gasteiger partial charge in [-0.1, -0.05) is 30.3 Å². The van der Waals surface area contributed by atoms with Crippen molar-refractivity contribution in [2.24, 2.45) is 0 Å². The molecule has 5 nitrogen and oxygen atoms in total. The van der Waals surface area contributed by atoms with Crippen LogP contribution in [-0.2, 0) is 20.9 Å². The molecule has 0 saturated heterocycles. The van der Waals surface area contributed by atoms with Crippen LogP contribution in [0.15, 0.2) is 30.3 Å². The Balaban J connectivity index is 2.79. The lowest BCUT2D eigenvalue weighted by Crippen LogP contribution is -2.56. The van der Waals surface area contributed by atoms with E-state index in [1.807, 2.05) is 0 Å². The molecule has 0 heterocycles. The summed E-state index contributed by atoms with van der Waals surface area (Å²) in [6.45, 7) is -1.68. The van der Waals surface area contributed by atoms with E-state index < -0.39 is 36.1 Å². The van der Waals surface area contributed by atoms with Gasteiger partial charge in [-0.2, -0.15) is 22.0 Å². The fraction of sp³-hybridized carbons (Fsp3) is 0.429. The van der Waals surface area contributed by atoms with Crippen LogP contribution >= 0.6 is 0 Å². The second-order valence-corrected chi connectivity index (χ2v) is 5.00. The van der Waals surface area contributed by atoms with Gasteiger partial charge in [0.25, 0.3) is 5.91 Å². The first kappa shape index (κ1) is 19.8. The second kappa shape index (κ2) is 7.12. The Hall–Kier alpha value is -2.23. The van der Waals surface area contributed by atoms with E-state index in [0.29, 0.717) is 5.56 Å². The lowest BCUT2D eigenvalue weighted by atomic mass is 10.1. The van der Waals surface area contributed by atoms with Crippen molar-refractivity contribution in [2.45, 2.75) is 31.2 Å². The first-order valence-electron chi connectivity index (χ1n) is 6.54. The van der Waals surface area contributed by atoms with Crippen LogP contribution in [-0.4, -0.2) is 41.2 Å². The van der Waals surface area contributed by atoms with Gasteiger partial charge >= 0.3 is 18.1 Å². The summed E-state index contributed by atoms with van der Waals surface area (Å²) in [5.74, 6) is -8.64. The van der Waals surface area contributed by atoms with Crippen LogP contribution in [0.2, 0.25) is 0 Å². The molecule has 10 heteroatoms. The average Bonchev–Trinajstić information content (AvgIpc) is 2.50. The maximum Gasteiger partial charge on any atom is 0.455 e. The zero-order valence-corrected chi connectivity index (χ0v) is 12.4. The lowest BCUT2D eigenvalue weighted by molar-refractivity contribution is -0.279. The minimum atomic E-state index is -5.87. The normalized spacial score (nSPS) is 14.8. The molecule has 1 atom stereocenters. The molecule has 24 heavy (non-hydrogen) atoms. The highest BCUT2D eigenvalue weighted by Crippen LogP contribution is 2.34. The molecule has 0 aliphatic carbocycles. The van der Waals surface area contributed by atoms with E-state index in [2.05, 4.69) is 0 Å². The highest BCUT2D eigenvalue weighted by molar-refractivity contribution is 6.05. The van der Waals surface area contributed by atoms with Gasteiger partial charge in [0.05, 0.1) is 13.2 Å². The molecule has 2 N–H and O–H groups in total. The Morgan fingerprint density at radius 2 is 1.67 bits per heavy atom. The fourth-order valence-corrected chi connectivity index (χ4v) is 1.49. The predicted octanol–water partition coefficient (Wildman–Crippen LogP) is 2.36. The van der Waals surface area contributed by atoms with Gasteiger partial charge in [0.2, 0.25) is 5.60 Å². The van der Waals surface area contributed by atoms with Crippen LogP contribution in [0.3, 0.4) is 0 Å². The van der Waals surface area contributed by atoms with Crippen molar-refractivity contribution >= 4 is 11.9 Å². The molecule has 0 spiro atoms. The van der Waals surface area contributed by atoms with Gasteiger partial charge in [0.15, 0.2) is 0 Å². The fourth-order valence-electron chi connectivity index (χ4n) is 1.49. The van der Waals surface area contributed by atoms with Crippen LogP contribution in [0.4, 0.5) is 22.0 Å². The van der Waals surface area contributed by atoms with Gasteiger partial charge in [0, 0.05) is 0 Å². The zero-order valence-electron chi connectivity index (χ0n) is 12.4. The Morgan fingerprint density at radius 3 is 2.12 bits per heavy atom. The second-order valence-electron chi connectivity index (χ2n) is 5.00. The van der Waals surface area contributed by atoms with Crippen molar-refractivity contribution in [1.82, 2.24) is 5.32 Å². The monoisotopic (exact) mass is 355 g/mol. The molecule has 0 aliphatic heterocycles. The molecule has 1 aromatic carbocycles. The number of carboxylic acids is 1. The number of ether oxygens (including phenoxy) is 1. The van der Waals surface area contributed by atoms with Crippen molar-refractivity contribution in [3.8, 4) is 0 Å². The first-order valence-corrected chi connectivity index (χ1v) is 6.54. The number of nitrogens with one attached hydrogen (secondary N) is 1. The standard InChI is InChI=1S/C14H14F5NO4/c1-12(11(22)23,24-7-9-5-3-2-4-6-9)10(21)20-8-13(15,16)14(17,18)19/h2-6H,7-8H2,1H3,(H,20,21)(H,22,23). The van der Waals surface area contributed by atoms with Crippen molar-refractivity contribution in [2.75, 3.05) is 6.54 Å². The number of halogens is 5. The molecule has 134 valence electrons. The van der Waals surface area contributed by atoms with Crippen LogP contribution in [0, 0.1) is 0 Å². The van der Waals surface area contributed by atoms with Gasteiger partial charge < -0.3 is 15.2 Å². The van der Waals surface area contributed by atoms with E-state index in [0.717, 1.165) is 6.92 Å². The van der Waals surface area contributed by atoms with E-state index in [4.69, 9.17) is 9.84 Å². The number of hydrogen-bond acceptors (Lipinski definition) is 3. The highest BCUT2D eigenvalue weighted by atomic mass is 19.4. The minimum absolute atomic E-state index is 0.354. The van der Waals surface area contributed by atoms with E-state index >= 15 is 0 Å². The summed E-state index contributed by atoms with van der Waals surface area (Å²) in [7, 11) is 0. The number of carboxylic acid groups (broad SMARTS) is 1. The minimum Gasteiger partial charge on any atom is -0.479 e. The summed E-state index contributed by atoms with van der Waals surface area (Å²) in [4.78, 5) is 23.0. The summed E-state index contributed by atoms with van der Waals surface area (Å²) in [6, 6.07) is 8.00. The topological polar surface area (TPSA) is 75.6 Å². The molecule has 1 aromatic rings. The first-order chi connectivity index (χ1) is 10.9. The lowest BCUT2D eigenvalue weighted by Gasteiger charge is -2.26. The molecule has 0 saturated carbocycles. The smallest absolute Gasteiger partial charge is 0.455 e. The molecule has 1 amide bonds. The number of benzene rings is 1. The predicted molar refractivity (Wildman–Crippen MR) is 71.3 cm³/mol. The number of rotatable bonds is 7. The van der Waals surface area contributed by atoms with E-state index in [1.54, 1.807) is 30.3 Å². The molecule has 0 aliphatic rings. The van der Waals surface area contributed by atoms with Gasteiger partial charge in [-0.25, -0.2) is 4.79 Å². The third kappa shape index (κ3) is 4.63. The maximum absolute atomic E-state index is 12.8. The largest absolute Gasteiger partial charge is 0.479 e. The Morgan fingerprint density at radius 1 is 1.12 bits per heavy atom. The van der Waals surface area contributed by atoms with Crippen LogP contribution in [0.1, 0.15) is 12.5 Å². The molecule has 0 radical (unpaired) electrons. The van der Waals surface area contributed by atoms with Crippen molar-refractivity contribution in [3.63, 3.8) is 0 Å². The summed E-state index contributed by atoms with van der Waals surface area (Å²) >= 11 is 0. The van der Waals surface area contributed by atoms with Crippen molar-refractivity contribution in [3.05, 3.63) is 35.9 Å². The molecular weight excluding hydrogens is 341 g/mol. The molecule has 1 rings (SSSR count). The van der Waals surface area contributed by atoms with Gasteiger partial charge in [0.1, 0.15) is 0 Å². The average molecular weight is 355 g/mol. The Bertz CT molecular complexity index is 591. The molecular formula is C14H14F5NO4. The van der Waals surface area contributed by atoms with Crippen LogP contribution < -0.4 is 5.32 Å². The molecule has 0 aromatic heterocycles. The molecule has 0 fully saturated rings. The van der Waals surface area contributed by atoms with Crippen LogP contribution in [0.25, 0.3) is 0 Å². The van der Waals surface area contributed by atoms with Gasteiger partial charge in [-0.3, -0.25) is 4.79 Å². The third-order valence-electron chi connectivity index (χ3n) is 3.10. The van der Waals surface area contributed by atoms with Crippen molar-refractivity contribution in [1.29, 1.82) is 0 Å². The molecule has 0 bridgehead atoms. The quantitative estimate of drug-likeness (QED) is 0.582. The van der Waals surface area contributed by atoms with E-state index in [-0.39, 0.29) is 6.61 Å². The number of amides is 1. The Labute approximate surface area is 133 Å². The number of alkyl halides is 5. The van der Waals surface area contributed by atoms with Gasteiger partial charge in [-0.15, -0.1) is 0 Å². The van der Waals surface area contributed by atoms with E-state index in [9.17, 15) is 31.5 Å². The summed E-state index contributed by atoms with van der Waals surface area (Å²) < 4.78 is 66.7. The summed E-state index contributed by atoms with van der Waals surface area (Å²) in [6.07, 6.45) is -5.87. The van der Waals surface area contributed by atoms with Crippen LogP contribution in [0.5, 0.6) is 0 Å². The zero-order chi connectivity index (χ0) is 18.6. The highest BCUT2D eigenvalue weighted by Gasteiger charge is 2.58. The Kier molecular flexibility index (Phi) is 5.88.